The molecule has 9 rings (SSSR count). The fourth-order valence-corrected chi connectivity index (χ4v) is 11.0. The van der Waals surface area contributed by atoms with E-state index in [1.807, 2.05) is 11.3 Å². The second-order valence-corrected chi connectivity index (χ2v) is 22.8. The van der Waals surface area contributed by atoms with Gasteiger partial charge in [-0.3, -0.25) is 0 Å². The lowest BCUT2D eigenvalue weighted by molar-refractivity contribution is 0.174. The molecule has 0 aliphatic carbocycles. The van der Waals surface area contributed by atoms with Gasteiger partial charge in [0.15, 0.2) is 11.5 Å². The molecule has 0 bridgehead atoms. The van der Waals surface area contributed by atoms with Crippen LogP contribution in [0.3, 0.4) is 0 Å². The Labute approximate surface area is 357 Å². The van der Waals surface area contributed by atoms with Crippen LogP contribution in [0.15, 0.2) is 66.7 Å². The fourth-order valence-electron chi connectivity index (χ4n) is 9.75. The molecule has 6 heteroatoms. The Bertz CT molecular complexity index is 2700. The van der Waals surface area contributed by atoms with Crippen LogP contribution < -0.4 is 35.7 Å². The van der Waals surface area contributed by atoms with Crippen molar-refractivity contribution in [2.24, 2.45) is 0 Å². The van der Waals surface area contributed by atoms with Crippen molar-refractivity contribution in [3.05, 3.63) is 111 Å². The molecular weight excluding hydrogens is 739 g/mol. The highest BCUT2D eigenvalue weighted by molar-refractivity contribution is 7.26. The van der Waals surface area contributed by atoms with Crippen LogP contribution in [0.25, 0.3) is 10.1 Å². The van der Waals surface area contributed by atoms with Gasteiger partial charge in [-0.15, -0.1) is 11.3 Å². The van der Waals surface area contributed by atoms with Gasteiger partial charge < -0.3 is 19.3 Å². The van der Waals surface area contributed by atoms with E-state index in [4.69, 9.17) is 9.47 Å². The molecule has 0 fully saturated rings. The molecule has 0 atom stereocenters. The Morgan fingerprint density at radius 3 is 1.46 bits per heavy atom. The van der Waals surface area contributed by atoms with Crippen LogP contribution in [-0.4, -0.2) is 13.5 Å². The zero-order valence-corrected chi connectivity index (χ0v) is 39.1. The number of hydrogen-bond donors (Lipinski definition) is 0. The molecular formula is C53H61BN2O2S. The Morgan fingerprint density at radius 2 is 0.949 bits per heavy atom. The van der Waals surface area contributed by atoms with Gasteiger partial charge in [0.25, 0.3) is 6.71 Å². The van der Waals surface area contributed by atoms with Gasteiger partial charge in [-0.05, 0) is 140 Å². The summed E-state index contributed by atoms with van der Waals surface area (Å²) in [5.74, 6) is 1.62. The molecule has 0 saturated carbocycles. The summed E-state index contributed by atoms with van der Waals surface area (Å²) in [6.45, 7) is 37.4. The number of fused-ring (bicyclic) bond motifs is 7. The van der Waals surface area contributed by atoms with Gasteiger partial charge in [0.1, 0.15) is 0 Å². The minimum atomic E-state index is -0.115. The van der Waals surface area contributed by atoms with Crippen molar-refractivity contribution in [3.8, 4) is 11.5 Å². The van der Waals surface area contributed by atoms with Crippen LogP contribution >= 0.6 is 11.3 Å². The van der Waals surface area contributed by atoms with Gasteiger partial charge in [-0.25, -0.2) is 0 Å². The quantitative estimate of drug-likeness (QED) is 0.163. The molecule has 3 aliphatic rings. The Hall–Kier alpha value is -4.68. The van der Waals surface area contributed by atoms with Gasteiger partial charge >= 0.3 is 0 Å². The summed E-state index contributed by atoms with van der Waals surface area (Å²) in [4.78, 5) is 5.25. The zero-order chi connectivity index (χ0) is 42.5. The number of nitrogens with zero attached hydrogens (tertiary/aromatic N) is 2. The van der Waals surface area contributed by atoms with Crippen LogP contribution in [0, 0.1) is 27.7 Å². The highest BCUT2D eigenvalue weighted by atomic mass is 32.1. The van der Waals surface area contributed by atoms with E-state index in [2.05, 4.69) is 187 Å². The minimum absolute atomic E-state index is 0.000448. The van der Waals surface area contributed by atoms with E-state index in [0.29, 0.717) is 0 Å². The third-order valence-corrected chi connectivity index (χ3v) is 14.2. The van der Waals surface area contributed by atoms with E-state index in [1.54, 1.807) is 0 Å². The summed E-state index contributed by atoms with van der Waals surface area (Å²) < 4.78 is 13.7. The standard InChI is InChI=1S/C53H61BN2O2S/c1-29-19-34(51(8,9)10)20-30(2)47(29)55-39-27-43-42(57-28-58-43)26-38(39)54-45-37-23-33(50(5,6)7)17-18-44(37)59-49(45)56(41-25-36(53(14,15)16)24-40(55)46(41)54)48-31(3)21-35(22-32(48)4)52(11,12)13/h17-27H,28H2,1-16H3. The first-order chi connectivity index (χ1) is 27.4. The molecule has 0 unspecified atom stereocenters. The number of rotatable bonds is 2. The van der Waals surface area contributed by atoms with Gasteiger partial charge in [0, 0.05) is 27.8 Å². The fraction of sp³-hybridized carbons (Fsp3) is 0.396. The van der Waals surface area contributed by atoms with E-state index in [9.17, 15) is 0 Å². The average Bonchev–Trinajstić information content (AvgIpc) is 3.74. The summed E-state index contributed by atoms with van der Waals surface area (Å²) in [5, 5.41) is 2.64. The predicted molar refractivity (Wildman–Crippen MR) is 256 cm³/mol. The van der Waals surface area contributed by atoms with Crippen molar-refractivity contribution in [2.75, 3.05) is 16.6 Å². The third-order valence-electron chi connectivity index (χ3n) is 13.1. The van der Waals surface area contributed by atoms with Crippen molar-refractivity contribution in [3.63, 3.8) is 0 Å². The molecule has 0 N–H and O–H groups in total. The molecule has 1 aromatic heterocycles. The van der Waals surface area contributed by atoms with Crippen molar-refractivity contribution >= 4 is 78.0 Å². The largest absolute Gasteiger partial charge is 0.454 e. The first kappa shape index (κ1) is 39.8. The number of anilines is 6. The lowest BCUT2D eigenvalue weighted by Crippen LogP contribution is -2.61. The monoisotopic (exact) mass is 800 g/mol. The Kier molecular flexibility index (Phi) is 8.70. The molecule has 4 nitrogen and oxygen atoms in total. The van der Waals surface area contributed by atoms with Gasteiger partial charge in [0.2, 0.25) is 6.79 Å². The second kappa shape index (κ2) is 12.9. The third kappa shape index (κ3) is 6.22. The normalized spacial score (nSPS) is 14.9. The van der Waals surface area contributed by atoms with Crippen LogP contribution in [0.1, 0.15) is 128 Å². The number of thiophene rings is 1. The first-order valence-corrected chi connectivity index (χ1v) is 22.3. The van der Waals surface area contributed by atoms with E-state index in [1.165, 1.54) is 98.7 Å². The van der Waals surface area contributed by atoms with Gasteiger partial charge in [0.05, 0.1) is 16.4 Å². The SMILES string of the molecule is Cc1cc(C(C)(C)C)cc(C)c1N1c2cc3c(cc2B2c4c1cc(C(C)(C)C)cc4N(c1c(C)cc(C(C)(C)C)cc1C)c1sc4ccc(C(C)(C)C)cc4c12)OCO3. The van der Waals surface area contributed by atoms with Crippen molar-refractivity contribution in [2.45, 2.75) is 132 Å². The smallest absolute Gasteiger partial charge is 0.254 e. The summed E-state index contributed by atoms with van der Waals surface area (Å²) in [6, 6.07) is 26.5. The number of benzene rings is 5. The topological polar surface area (TPSA) is 24.9 Å². The lowest BCUT2D eigenvalue weighted by Gasteiger charge is -2.45. The zero-order valence-electron chi connectivity index (χ0n) is 38.3. The van der Waals surface area contributed by atoms with Crippen molar-refractivity contribution in [1.82, 2.24) is 0 Å². The molecule has 3 aliphatic heterocycles. The second-order valence-electron chi connectivity index (χ2n) is 21.7. The highest BCUT2D eigenvalue weighted by Gasteiger charge is 2.47. The Morgan fingerprint density at radius 1 is 0.492 bits per heavy atom. The summed E-state index contributed by atoms with van der Waals surface area (Å²) in [6.07, 6.45) is 0. The summed E-state index contributed by atoms with van der Waals surface area (Å²) in [5.41, 5.74) is 20.6. The summed E-state index contributed by atoms with van der Waals surface area (Å²) >= 11 is 1.94. The van der Waals surface area contributed by atoms with E-state index < -0.39 is 0 Å². The predicted octanol–water partition coefficient (Wildman–Crippen LogP) is 13.1. The maximum absolute atomic E-state index is 6.23. The van der Waals surface area contributed by atoms with E-state index in [0.717, 1.165) is 17.2 Å². The molecule has 5 aromatic carbocycles. The number of ether oxygens (including phenoxy) is 2. The number of hydrogen-bond acceptors (Lipinski definition) is 5. The lowest BCUT2D eigenvalue weighted by atomic mass is 9.33. The van der Waals surface area contributed by atoms with E-state index in [-0.39, 0.29) is 35.2 Å². The first-order valence-electron chi connectivity index (χ1n) is 21.5. The molecule has 4 heterocycles. The summed E-state index contributed by atoms with van der Waals surface area (Å²) in [7, 11) is 0. The van der Waals surface area contributed by atoms with Crippen molar-refractivity contribution < 1.29 is 9.47 Å². The van der Waals surface area contributed by atoms with Crippen LogP contribution in [0.5, 0.6) is 11.5 Å². The highest BCUT2D eigenvalue weighted by Crippen LogP contribution is 2.53. The molecule has 0 spiro atoms. The van der Waals surface area contributed by atoms with Gasteiger partial charge in [-0.2, -0.15) is 0 Å². The molecule has 304 valence electrons. The average molecular weight is 801 g/mol. The minimum Gasteiger partial charge on any atom is -0.454 e. The molecule has 0 radical (unpaired) electrons. The molecule has 59 heavy (non-hydrogen) atoms. The van der Waals surface area contributed by atoms with Crippen molar-refractivity contribution in [1.29, 1.82) is 0 Å². The molecule has 6 aromatic rings. The molecule has 0 saturated heterocycles. The van der Waals surface area contributed by atoms with Crippen LogP contribution in [-0.2, 0) is 21.7 Å². The van der Waals surface area contributed by atoms with E-state index >= 15 is 0 Å². The Balaban J connectivity index is 1.47. The number of aryl methyl sites for hydroxylation is 4. The maximum atomic E-state index is 6.23. The van der Waals surface area contributed by atoms with Crippen LogP contribution in [0.4, 0.5) is 33.4 Å². The van der Waals surface area contributed by atoms with Crippen LogP contribution in [0.2, 0.25) is 0 Å². The van der Waals surface area contributed by atoms with Gasteiger partial charge in [-0.1, -0.05) is 119 Å². The maximum Gasteiger partial charge on any atom is 0.254 e. The molecule has 0 amide bonds.